The Morgan fingerprint density at radius 1 is 1.30 bits per heavy atom. The Labute approximate surface area is 160 Å². The van der Waals surface area contributed by atoms with Crippen molar-refractivity contribution in [2.24, 2.45) is 5.92 Å². The zero-order valence-corrected chi connectivity index (χ0v) is 16.1. The average Bonchev–Trinajstić information content (AvgIpc) is 3.07. The van der Waals surface area contributed by atoms with Crippen LogP contribution < -0.4 is 20.1 Å². The molecule has 7 nitrogen and oxygen atoms in total. The van der Waals surface area contributed by atoms with E-state index in [1.807, 2.05) is 18.2 Å². The summed E-state index contributed by atoms with van der Waals surface area (Å²) in [6.07, 6.45) is 3.10. The summed E-state index contributed by atoms with van der Waals surface area (Å²) in [5, 5.41) is 6.39. The summed E-state index contributed by atoms with van der Waals surface area (Å²) >= 11 is 0. The standard InChI is InChI=1S/C20H29N3O4/c1-26-17-6-5-14(10-18(17)27-2)7-9-23-13-15(11-19(23)24)20(25)22-16-4-3-8-21-12-16/h5-6,10,15-16,21H,3-4,7-9,11-13H2,1-2H3,(H,22,25). The molecule has 3 rings (SSSR count). The molecule has 2 unspecified atom stereocenters. The molecule has 0 bridgehead atoms. The minimum atomic E-state index is -0.246. The number of ether oxygens (including phenoxy) is 2. The Morgan fingerprint density at radius 2 is 2.11 bits per heavy atom. The number of nitrogens with one attached hydrogen (secondary N) is 2. The third kappa shape index (κ3) is 4.91. The van der Waals surface area contributed by atoms with Crippen molar-refractivity contribution < 1.29 is 19.1 Å². The molecule has 2 aliphatic rings. The van der Waals surface area contributed by atoms with Crippen molar-refractivity contribution in [3.63, 3.8) is 0 Å². The molecule has 2 atom stereocenters. The largest absolute Gasteiger partial charge is 0.493 e. The van der Waals surface area contributed by atoms with E-state index in [0.29, 0.717) is 37.4 Å². The van der Waals surface area contributed by atoms with Crippen LogP contribution in [0.1, 0.15) is 24.8 Å². The molecule has 2 amide bonds. The number of amides is 2. The fraction of sp³-hybridized carbons (Fsp3) is 0.600. The van der Waals surface area contributed by atoms with Crippen LogP contribution in [0.25, 0.3) is 0 Å². The summed E-state index contributed by atoms with van der Waals surface area (Å²) in [6, 6.07) is 5.96. The molecule has 0 spiro atoms. The van der Waals surface area contributed by atoms with E-state index >= 15 is 0 Å². The van der Waals surface area contributed by atoms with Crippen molar-refractivity contribution in [3.05, 3.63) is 23.8 Å². The minimum absolute atomic E-state index is 0.00525. The van der Waals surface area contributed by atoms with Crippen LogP contribution in [0.5, 0.6) is 11.5 Å². The van der Waals surface area contributed by atoms with Gasteiger partial charge in [-0.1, -0.05) is 6.07 Å². The summed E-state index contributed by atoms with van der Waals surface area (Å²) in [7, 11) is 3.21. The molecule has 2 heterocycles. The summed E-state index contributed by atoms with van der Waals surface area (Å²) in [5.74, 6) is 1.18. The molecule has 1 aromatic rings. The lowest BCUT2D eigenvalue weighted by Gasteiger charge is -2.25. The summed E-state index contributed by atoms with van der Waals surface area (Å²) < 4.78 is 10.6. The third-order valence-corrected chi connectivity index (χ3v) is 5.35. The van der Waals surface area contributed by atoms with Crippen LogP contribution >= 0.6 is 0 Å². The van der Waals surface area contributed by atoms with Crippen LogP contribution in [0.3, 0.4) is 0 Å². The zero-order valence-electron chi connectivity index (χ0n) is 16.1. The molecule has 0 saturated carbocycles. The van der Waals surface area contributed by atoms with Gasteiger partial charge in [0, 0.05) is 32.1 Å². The van der Waals surface area contributed by atoms with E-state index in [-0.39, 0.29) is 23.8 Å². The first-order valence-electron chi connectivity index (χ1n) is 9.60. The van der Waals surface area contributed by atoms with E-state index in [0.717, 1.165) is 31.5 Å². The molecule has 27 heavy (non-hydrogen) atoms. The van der Waals surface area contributed by atoms with Gasteiger partial charge in [-0.2, -0.15) is 0 Å². The maximum Gasteiger partial charge on any atom is 0.225 e. The highest BCUT2D eigenvalue weighted by Crippen LogP contribution is 2.28. The molecule has 2 N–H and O–H groups in total. The zero-order chi connectivity index (χ0) is 19.2. The number of hydrogen-bond acceptors (Lipinski definition) is 5. The van der Waals surface area contributed by atoms with Gasteiger partial charge in [-0.05, 0) is 43.5 Å². The smallest absolute Gasteiger partial charge is 0.225 e. The first kappa shape index (κ1) is 19.5. The van der Waals surface area contributed by atoms with E-state index < -0.39 is 0 Å². The molecule has 0 aliphatic carbocycles. The van der Waals surface area contributed by atoms with Crippen LogP contribution in [0, 0.1) is 5.92 Å². The van der Waals surface area contributed by atoms with Gasteiger partial charge >= 0.3 is 0 Å². The summed E-state index contributed by atoms with van der Waals surface area (Å²) in [5.41, 5.74) is 1.07. The predicted molar refractivity (Wildman–Crippen MR) is 102 cm³/mol. The van der Waals surface area contributed by atoms with Crippen LogP contribution in [-0.2, 0) is 16.0 Å². The van der Waals surface area contributed by atoms with Gasteiger partial charge in [-0.15, -0.1) is 0 Å². The van der Waals surface area contributed by atoms with Crippen LogP contribution in [-0.4, -0.2) is 63.2 Å². The molecular weight excluding hydrogens is 346 g/mol. The molecule has 2 fully saturated rings. The number of benzene rings is 1. The first-order valence-corrected chi connectivity index (χ1v) is 9.60. The van der Waals surface area contributed by atoms with Crippen molar-refractivity contribution in [1.82, 2.24) is 15.5 Å². The summed E-state index contributed by atoms with van der Waals surface area (Å²) in [4.78, 5) is 26.6. The van der Waals surface area contributed by atoms with Crippen molar-refractivity contribution >= 4 is 11.8 Å². The van der Waals surface area contributed by atoms with Gasteiger partial charge in [0.25, 0.3) is 0 Å². The second kappa shape index (κ2) is 9.08. The molecule has 2 aliphatic heterocycles. The summed E-state index contributed by atoms with van der Waals surface area (Å²) in [6.45, 7) is 2.93. The number of piperidine rings is 1. The topological polar surface area (TPSA) is 79.9 Å². The fourth-order valence-corrected chi connectivity index (χ4v) is 3.76. The normalized spacial score (nSPS) is 22.6. The first-order chi connectivity index (χ1) is 13.1. The minimum Gasteiger partial charge on any atom is -0.493 e. The average molecular weight is 375 g/mol. The van der Waals surface area contributed by atoms with Gasteiger partial charge in [0.05, 0.1) is 20.1 Å². The Hall–Kier alpha value is -2.28. The second-order valence-corrected chi connectivity index (χ2v) is 7.23. The molecule has 0 aromatic heterocycles. The van der Waals surface area contributed by atoms with Crippen molar-refractivity contribution in [2.45, 2.75) is 31.7 Å². The van der Waals surface area contributed by atoms with E-state index in [9.17, 15) is 9.59 Å². The number of methoxy groups -OCH3 is 2. The number of likely N-dealkylation sites (tertiary alicyclic amines) is 1. The third-order valence-electron chi connectivity index (χ3n) is 5.35. The van der Waals surface area contributed by atoms with E-state index in [1.54, 1.807) is 19.1 Å². The molecule has 2 saturated heterocycles. The molecule has 1 aromatic carbocycles. The number of carbonyl (C=O) groups is 2. The quantitative estimate of drug-likeness (QED) is 0.742. The van der Waals surface area contributed by atoms with E-state index in [2.05, 4.69) is 10.6 Å². The SMILES string of the molecule is COc1ccc(CCN2CC(C(=O)NC3CCCNC3)CC2=O)cc1OC. The number of rotatable bonds is 7. The van der Waals surface area contributed by atoms with E-state index in [4.69, 9.17) is 9.47 Å². The predicted octanol–water partition coefficient (Wildman–Crippen LogP) is 0.963. The Kier molecular flexibility index (Phi) is 6.55. The van der Waals surface area contributed by atoms with Gasteiger partial charge < -0.3 is 25.0 Å². The van der Waals surface area contributed by atoms with Crippen molar-refractivity contribution in [3.8, 4) is 11.5 Å². The van der Waals surface area contributed by atoms with Gasteiger partial charge in [0.15, 0.2) is 11.5 Å². The number of carbonyl (C=O) groups excluding carboxylic acids is 2. The highest BCUT2D eigenvalue weighted by atomic mass is 16.5. The molecule has 148 valence electrons. The maximum atomic E-state index is 12.5. The lowest BCUT2D eigenvalue weighted by atomic mass is 10.0. The van der Waals surface area contributed by atoms with E-state index in [1.165, 1.54) is 0 Å². The monoisotopic (exact) mass is 375 g/mol. The van der Waals surface area contributed by atoms with Crippen molar-refractivity contribution in [2.75, 3.05) is 40.4 Å². The second-order valence-electron chi connectivity index (χ2n) is 7.23. The van der Waals surface area contributed by atoms with Gasteiger partial charge in [-0.25, -0.2) is 0 Å². The molecular formula is C20H29N3O4. The van der Waals surface area contributed by atoms with Crippen LogP contribution in [0.4, 0.5) is 0 Å². The van der Waals surface area contributed by atoms with Crippen molar-refractivity contribution in [1.29, 1.82) is 0 Å². The van der Waals surface area contributed by atoms with Crippen LogP contribution in [0.2, 0.25) is 0 Å². The highest BCUT2D eigenvalue weighted by Gasteiger charge is 2.34. The maximum absolute atomic E-state index is 12.5. The van der Waals surface area contributed by atoms with Gasteiger partial charge in [0.2, 0.25) is 11.8 Å². The fourth-order valence-electron chi connectivity index (χ4n) is 3.76. The lowest BCUT2D eigenvalue weighted by molar-refractivity contribution is -0.129. The highest BCUT2D eigenvalue weighted by molar-refractivity contribution is 5.89. The lowest BCUT2D eigenvalue weighted by Crippen LogP contribution is -2.47. The van der Waals surface area contributed by atoms with Crippen LogP contribution in [0.15, 0.2) is 18.2 Å². The number of nitrogens with zero attached hydrogens (tertiary/aromatic N) is 1. The molecule has 7 heteroatoms. The van der Waals surface area contributed by atoms with Gasteiger partial charge in [0.1, 0.15) is 0 Å². The van der Waals surface area contributed by atoms with Gasteiger partial charge in [-0.3, -0.25) is 9.59 Å². The Balaban J connectivity index is 1.51. The number of hydrogen-bond donors (Lipinski definition) is 2. The Bertz CT molecular complexity index is 673. The molecule has 0 radical (unpaired) electrons. The Morgan fingerprint density at radius 3 is 2.81 bits per heavy atom.